The Balaban J connectivity index is 1.30. The second-order valence-corrected chi connectivity index (χ2v) is 7.66. The number of halogens is 1. The van der Waals surface area contributed by atoms with Gasteiger partial charge < -0.3 is 9.80 Å². The summed E-state index contributed by atoms with van der Waals surface area (Å²) < 4.78 is 13.1. The van der Waals surface area contributed by atoms with E-state index in [-0.39, 0.29) is 5.83 Å². The molecule has 0 saturated carbocycles. The zero-order chi connectivity index (χ0) is 17.9. The minimum atomic E-state index is 0.0139. The van der Waals surface area contributed by atoms with E-state index in [4.69, 9.17) is 0 Å². The van der Waals surface area contributed by atoms with Gasteiger partial charge in [0.1, 0.15) is 5.83 Å². The lowest BCUT2D eigenvalue weighted by atomic mass is 9.99. The van der Waals surface area contributed by atoms with E-state index >= 15 is 0 Å². The molecule has 0 N–H and O–H groups in total. The van der Waals surface area contributed by atoms with Crippen molar-refractivity contribution < 1.29 is 4.39 Å². The molecule has 3 nitrogen and oxygen atoms in total. The minimum Gasteiger partial charge on any atom is -0.368 e. The SMILES string of the molecule is N#Cc1ccc2c(c1)N(C1CCN(CCC3=CC=C(F)CC3)CC1)CC2. The van der Waals surface area contributed by atoms with E-state index in [1.165, 1.54) is 29.7 Å². The second kappa shape index (κ2) is 7.63. The van der Waals surface area contributed by atoms with Gasteiger partial charge in [0, 0.05) is 44.3 Å². The number of anilines is 1. The monoisotopic (exact) mass is 351 g/mol. The molecule has 0 unspecified atom stereocenters. The molecule has 2 heterocycles. The van der Waals surface area contributed by atoms with E-state index in [0.717, 1.165) is 51.0 Å². The van der Waals surface area contributed by atoms with Crippen LogP contribution in [-0.2, 0) is 6.42 Å². The minimum absolute atomic E-state index is 0.0139. The normalized spacial score (nSPS) is 21.2. The molecule has 2 aliphatic heterocycles. The number of allylic oxidation sites excluding steroid dienone is 3. The Bertz CT molecular complexity index is 766. The van der Waals surface area contributed by atoms with Gasteiger partial charge >= 0.3 is 0 Å². The van der Waals surface area contributed by atoms with E-state index in [1.807, 2.05) is 12.1 Å². The number of nitriles is 1. The number of likely N-dealkylation sites (tertiary alicyclic amines) is 1. The van der Waals surface area contributed by atoms with E-state index in [2.05, 4.69) is 28.0 Å². The van der Waals surface area contributed by atoms with Crippen LogP contribution in [0.5, 0.6) is 0 Å². The van der Waals surface area contributed by atoms with Gasteiger partial charge in [-0.15, -0.1) is 0 Å². The molecule has 136 valence electrons. The highest BCUT2D eigenvalue weighted by atomic mass is 19.1. The van der Waals surface area contributed by atoms with Crippen LogP contribution in [0.3, 0.4) is 0 Å². The Morgan fingerprint density at radius 2 is 1.92 bits per heavy atom. The molecule has 4 heteroatoms. The molecule has 0 atom stereocenters. The Labute approximate surface area is 155 Å². The molecule has 0 radical (unpaired) electrons. The quantitative estimate of drug-likeness (QED) is 0.808. The number of piperidine rings is 1. The molecule has 0 spiro atoms. The number of fused-ring (bicyclic) bond motifs is 1. The summed E-state index contributed by atoms with van der Waals surface area (Å²) in [5, 5.41) is 9.18. The van der Waals surface area contributed by atoms with Crippen molar-refractivity contribution in [1.82, 2.24) is 4.90 Å². The Morgan fingerprint density at radius 1 is 1.08 bits per heavy atom. The fourth-order valence-electron chi connectivity index (χ4n) is 4.47. The molecule has 4 rings (SSSR count). The highest BCUT2D eigenvalue weighted by molar-refractivity contribution is 5.62. The third-order valence-electron chi connectivity index (χ3n) is 6.08. The molecule has 0 bridgehead atoms. The van der Waals surface area contributed by atoms with E-state index in [1.54, 1.807) is 6.08 Å². The lowest BCUT2D eigenvalue weighted by Gasteiger charge is -2.38. The maximum absolute atomic E-state index is 13.1. The van der Waals surface area contributed by atoms with Crippen LogP contribution in [0.15, 0.2) is 41.8 Å². The standard InChI is InChI=1S/C22H26FN3/c23-20-5-2-17(3-6-20)7-11-25-12-9-21(10-13-25)26-14-8-19-4-1-18(16-24)15-22(19)26/h1-2,4-5,15,21H,3,6-14H2. The predicted octanol–water partition coefficient (Wildman–Crippen LogP) is 4.35. The van der Waals surface area contributed by atoms with Gasteiger partial charge in [0.15, 0.2) is 0 Å². The highest BCUT2D eigenvalue weighted by Crippen LogP contribution is 2.33. The first-order chi connectivity index (χ1) is 12.7. The van der Waals surface area contributed by atoms with Crippen molar-refractivity contribution in [1.29, 1.82) is 5.26 Å². The highest BCUT2D eigenvalue weighted by Gasteiger charge is 2.29. The van der Waals surface area contributed by atoms with Gasteiger partial charge in [0.25, 0.3) is 0 Å². The van der Waals surface area contributed by atoms with Crippen molar-refractivity contribution in [2.75, 3.05) is 31.1 Å². The topological polar surface area (TPSA) is 30.3 Å². The molecule has 0 amide bonds. The largest absolute Gasteiger partial charge is 0.368 e. The van der Waals surface area contributed by atoms with Crippen LogP contribution < -0.4 is 4.90 Å². The lowest BCUT2D eigenvalue weighted by Crippen LogP contribution is -2.44. The maximum Gasteiger partial charge on any atom is 0.100 e. The molecule has 1 saturated heterocycles. The molecule has 0 aromatic heterocycles. The first-order valence-corrected chi connectivity index (χ1v) is 9.79. The van der Waals surface area contributed by atoms with Crippen molar-refractivity contribution in [2.45, 2.75) is 44.6 Å². The fourth-order valence-corrected chi connectivity index (χ4v) is 4.47. The molecule has 3 aliphatic rings. The maximum atomic E-state index is 13.1. The fraction of sp³-hybridized carbons (Fsp3) is 0.500. The van der Waals surface area contributed by atoms with Crippen LogP contribution in [0, 0.1) is 11.3 Å². The number of rotatable bonds is 4. The molecule has 1 fully saturated rings. The first kappa shape index (κ1) is 17.3. The summed E-state index contributed by atoms with van der Waals surface area (Å²) in [7, 11) is 0. The van der Waals surface area contributed by atoms with Crippen LogP contribution >= 0.6 is 0 Å². The summed E-state index contributed by atoms with van der Waals surface area (Å²) in [6, 6.07) is 8.99. The molecule has 1 aliphatic carbocycles. The Kier molecular flexibility index (Phi) is 5.08. The van der Waals surface area contributed by atoms with Gasteiger partial charge in [-0.2, -0.15) is 5.26 Å². The van der Waals surface area contributed by atoms with Crippen molar-refractivity contribution in [2.24, 2.45) is 0 Å². The smallest absolute Gasteiger partial charge is 0.100 e. The molecular weight excluding hydrogens is 325 g/mol. The zero-order valence-corrected chi connectivity index (χ0v) is 15.3. The molecular formula is C22H26FN3. The molecule has 26 heavy (non-hydrogen) atoms. The van der Waals surface area contributed by atoms with Crippen LogP contribution in [0.4, 0.5) is 10.1 Å². The predicted molar refractivity (Wildman–Crippen MR) is 103 cm³/mol. The van der Waals surface area contributed by atoms with Crippen molar-refractivity contribution >= 4 is 5.69 Å². The van der Waals surface area contributed by atoms with Crippen LogP contribution in [0.2, 0.25) is 0 Å². The molecule has 1 aromatic rings. The van der Waals surface area contributed by atoms with E-state index in [9.17, 15) is 9.65 Å². The summed E-state index contributed by atoms with van der Waals surface area (Å²) in [6.07, 6.45) is 9.59. The average molecular weight is 351 g/mol. The van der Waals surface area contributed by atoms with Crippen LogP contribution in [0.1, 0.15) is 43.2 Å². The summed E-state index contributed by atoms with van der Waals surface area (Å²) in [4.78, 5) is 5.08. The second-order valence-electron chi connectivity index (χ2n) is 7.66. The van der Waals surface area contributed by atoms with Gasteiger partial charge in [0.05, 0.1) is 11.6 Å². The van der Waals surface area contributed by atoms with Gasteiger partial charge in [-0.3, -0.25) is 0 Å². The third kappa shape index (κ3) is 3.68. The third-order valence-corrected chi connectivity index (χ3v) is 6.08. The first-order valence-electron chi connectivity index (χ1n) is 9.79. The number of hydrogen-bond acceptors (Lipinski definition) is 3. The summed E-state index contributed by atoms with van der Waals surface area (Å²) >= 11 is 0. The van der Waals surface area contributed by atoms with Crippen molar-refractivity contribution in [3.05, 3.63) is 52.9 Å². The van der Waals surface area contributed by atoms with Crippen molar-refractivity contribution in [3.63, 3.8) is 0 Å². The van der Waals surface area contributed by atoms with Gasteiger partial charge in [0.2, 0.25) is 0 Å². The number of hydrogen-bond donors (Lipinski definition) is 0. The lowest BCUT2D eigenvalue weighted by molar-refractivity contribution is 0.211. The van der Waals surface area contributed by atoms with E-state index < -0.39 is 0 Å². The van der Waals surface area contributed by atoms with Crippen LogP contribution in [0.25, 0.3) is 0 Å². The Hall–Kier alpha value is -2.12. The summed E-state index contributed by atoms with van der Waals surface area (Å²) in [6.45, 7) is 4.43. The van der Waals surface area contributed by atoms with Gasteiger partial charge in [-0.25, -0.2) is 4.39 Å². The molecule has 1 aromatic carbocycles. The zero-order valence-electron chi connectivity index (χ0n) is 15.3. The van der Waals surface area contributed by atoms with Gasteiger partial charge in [-0.1, -0.05) is 17.7 Å². The summed E-state index contributed by atoms with van der Waals surface area (Å²) in [5.41, 5.74) is 4.81. The number of nitrogens with zero attached hydrogens (tertiary/aromatic N) is 3. The summed E-state index contributed by atoms with van der Waals surface area (Å²) in [5.74, 6) is 0.0139. The van der Waals surface area contributed by atoms with Gasteiger partial charge in [-0.05, 0) is 55.9 Å². The van der Waals surface area contributed by atoms with Crippen molar-refractivity contribution in [3.8, 4) is 6.07 Å². The average Bonchev–Trinajstić information content (AvgIpc) is 3.11. The van der Waals surface area contributed by atoms with Crippen LogP contribution in [-0.4, -0.2) is 37.1 Å². The van der Waals surface area contributed by atoms with E-state index in [0.29, 0.717) is 12.5 Å². The number of benzene rings is 1. The Morgan fingerprint density at radius 3 is 2.65 bits per heavy atom.